The zero-order valence-electron chi connectivity index (χ0n) is 10.9. The van der Waals surface area contributed by atoms with E-state index in [1.807, 2.05) is 0 Å². The molecule has 0 amide bonds. The number of aliphatic hydroxyl groups excluding tert-OH is 1. The van der Waals surface area contributed by atoms with Gasteiger partial charge in [-0.25, -0.2) is 8.78 Å². The maximum atomic E-state index is 12.2. The van der Waals surface area contributed by atoms with Crippen LogP contribution in [0.4, 0.5) is 8.78 Å². The first kappa shape index (κ1) is 17.2. The van der Waals surface area contributed by atoms with E-state index < -0.39 is 6.43 Å². The lowest BCUT2D eigenvalue weighted by atomic mass is 10.2. The van der Waals surface area contributed by atoms with Crippen molar-refractivity contribution in [3.05, 3.63) is 0 Å². The zero-order valence-corrected chi connectivity index (χ0v) is 10.9. The van der Waals surface area contributed by atoms with E-state index in [0.29, 0.717) is 26.0 Å². The van der Waals surface area contributed by atoms with E-state index in [0.717, 1.165) is 12.8 Å². The predicted octanol–water partition coefficient (Wildman–Crippen LogP) is 1.67. The van der Waals surface area contributed by atoms with E-state index in [1.54, 1.807) is 6.92 Å². The number of rotatable bonds is 11. The number of hydrogen-bond donors (Lipinski definition) is 1. The Morgan fingerprint density at radius 2 is 2.00 bits per heavy atom. The molecule has 0 rings (SSSR count). The van der Waals surface area contributed by atoms with Crippen molar-refractivity contribution in [1.82, 2.24) is 4.90 Å². The lowest BCUT2D eigenvalue weighted by Crippen LogP contribution is -2.32. The molecule has 0 radical (unpaired) electrons. The fraction of sp³-hybridized carbons (Fsp3) is 0.917. The van der Waals surface area contributed by atoms with E-state index in [2.05, 4.69) is 0 Å². The first-order valence-electron chi connectivity index (χ1n) is 6.37. The molecule has 0 aromatic carbocycles. The number of carbonyl (C=O) groups excluding carboxylic acids is 1. The van der Waals surface area contributed by atoms with Crippen molar-refractivity contribution in [2.45, 2.75) is 39.0 Å². The van der Waals surface area contributed by atoms with E-state index in [4.69, 9.17) is 9.84 Å². The second kappa shape index (κ2) is 11.3. The average molecular weight is 267 g/mol. The molecule has 0 unspecified atom stereocenters. The third kappa shape index (κ3) is 10.4. The third-order valence-electron chi connectivity index (χ3n) is 2.47. The quantitative estimate of drug-likeness (QED) is 0.457. The van der Waals surface area contributed by atoms with Crippen molar-refractivity contribution in [2.75, 3.05) is 32.8 Å². The Kier molecular flexibility index (Phi) is 10.9. The van der Waals surface area contributed by atoms with E-state index in [9.17, 15) is 13.6 Å². The van der Waals surface area contributed by atoms with Gasteiger partial charge >= 0.3 is 5.97 Å². The Morgan fingerprint density at radius 3 is 2.56 bits per heavy atom. The summed E-state index contributed by atoms with van der Waals surface area (Å²) in [5.41, 5.74) is 0. The summed E-state index contributed by atoms with van der Waals surface area (Å²) in [6.45, 7) is 2.51. The SMILES string of the molecule is CCOC(=O)CCCCCN(CCO)CC(F)F. The highest BCUT2D eigenvalue weighted by molar-refractivity contribution is 5.69. The van der Waals surface area contributed by atoms with E-state index in [-0.39, 0.29) is 25.7 Å². The van der Waals surface area contributed by atoms with Gasteiger partial charge in [0, 0.05) is 13.0 Å². The summed E-state index contributed by atoms with van der Waals surface area (Å²) >= 11 is 0. The molecule has 0 heterocycles. The molecule has 0 fully saturated rings. The Labute approximate surface area is 107 Å². The highest BCUT2D eigenvalue weighted by Crippen LogP contribution is 2.05. The number of halogens is 2. The molecule has 0 aliphatic rings. The molecule has 0 aliphatic heterocycles. The summed E-state index contributed by atoms with van der Waals surface area (Å²) in [6.07, 6.45) is 0.246. The standard InChI is InChI=1S/C12H23F2NO3/c1-2-18-12(17)6-4-3-5-7-15(8-9-16)10-11(13)14/h11,16H,2-10H2,1H3. The molecular formula is C12H23F2NO3. The van der Waals surface area contributed by atoms with Gasteiger partial charge in [-0.2, -0.15) is 0 Å². The van der Waals surface area contributed by atoms with Crippen molar-refractivity contribution < 1.29 is 23.4 Å². The third-order valence-corrected chi connectivity index (χ3v) is 2.47. The van der Waals surface area contributed by atoms with Crippen LogP contribution >= 0.6 is 0 Å². The summed E-state index contributed by atoms with van der Waals surface area (Å²) < 4.78 is 29.2. The molecule has 0 aromatic heterocycles. The van der Waals surface area contributed by atoms with Gasteiger partial charge in [-0.15, -0.1) is 0 Å². The van der Waals surface area contributed by atoms with Crippen molar-refractivity contribution in [3.63, 3.8) is 0 Å². The average Bonchev–Trinajstić information content (AvgIpc) is 2.28. The molecule has 0 saturated heterocycles. The van der Waals surface area contributed by atoms with Gasteiger partial charge in [-0.05, 0) is 26.3 Å². The van der Waals surface area contributed by atoms with Gasteiger partial charge in [-0.1, -0.05) is 6.42 Å². The molecule has 0 aromatic rings. The van der Waals surface area contributed by atoms with Crippen LogP contribution in [-0.4, -0.2) is 55.2 Å². The van der Waals surface area contributed by atoms with Gasteiger partial charge in [0.1, 0.15) is 0 Å². The highest BCUT2D eigenvalue weighted by Gasteiger charge is 2.11. The van der Waals surface area contributed by atoms with Crippen LogP contribution in [0.25, 0.3) is 0 Å². The number of hydrogen-bond acceptors (Lipinski definition) is 4. The minimum atomic E-state index is -2.38. The molecule has 0 bridgehead atoms. The number of esters is 1. The van der Waals surface area contributed by atoms with Crippen LogP contribution in [0.3, 0.4) is 0 Å². The number of aliphatic hydroxyl groups is 1. The van der Waals surface area contributed by atoms with Crippen LogP contribution in [0.1, 0.15) is 32.6 Å². The molecule has 0 saturated carbocycles. The molecule has 0 aliphatic carbocycles. The van der Waals surface area contributed by atoms with Gasteiger partial charge < -0.3 is 9.84 Å². The van der Waals surface area contributed by atoms with Crippen LogP contribution in [0.15, 0.2) is 0 Å². The zero-order chi connectivity index (χ0) is 13.8. The van der Waals surface area contributed by atoms with E-state index in [1.165, 1.54) is 4.90 Å². The first-order valence-corrected chi connectivity index (χ1v) is 6.37. The largest absolute Gasteiger partial charge is 0.466 e. The Hall–Kier alpha value is -0.750. The maximum absolute atomic E-state index is 12.2. The molecular weight excluding hydrogens is 244 g/mol. The summed E-state index contributed by atoms with van der Waals surface area (Å²) in [6, 6.07) is 0. The van der Waals surface area contributed by atoms with Gasteiger partial charge in [0.05, 0.1) is 19.8 Å². The van der Waals surface area contributed by atoms with Gasteiger partial charge in [0.25, 0.3) is 6.43 Å². The van der Waals surface area contributed by atoms with Crippen LogP contribution in [-0.2, 0) is 9.53 Å². The number of carbonyl (C=O) groups is 1. The van der Waals surface area contributed by atoms with E-state index >= 15 is 0 Å². The van der Waals surface area contributed by atoms with Gasteiger partial charge in [-0.3, -0.25) is 9.69 Å². The number of alkyl halides is 2. The number of ether oxygens (including phenoxy) is 1. The molecule has 6 heteroatoms. The topological polar surface area (TPSA) is 49.8 Å². The summed E-state index contributed by atoms with van der Waals surface area (Å²) in [7, 11) is 0. The smallest absolute Gasteiger partial charge is 0.305 e. The highest BCUT2D eigenvalue weighted by atomic mass is 19.3. The summed E-state index contributed by atoms with van der Waals surface area (Å²) in [5.74, 6) is -0.211. The molecule has 108 valence electrons. The summed E-state index contributed by atoms with van der Waals surface area (Å²) in [4.78, 5) is 12.6. The minimum absolute atomic E-state index is 0.116. The predicted molar refractivity (Wildman–Crippen MR) is 64.6 cm³/mol. The van der Waals surface area contributed by atoms with Crippen LogP contribution in [0.5, 0.6) is 0 Å². The fourth-order valence-corrected chi connectivity index (χ4v) is 1.65. The molecule has 4 nitrogen and oxygen atoms in total. The molecule has 0 atom stereocenters. The van der Waals surface area contributed by atoms with Crippen molar-refractivity contribution >= 4 is 5.97 Å². The molecule has 18 heavy (non-hydrogen) atoms. The fourth-order valence-electron chi connectivity index (χ4n) is 1.65. The van der Waals surface area contributed by atoms with Crippen molar-refractivity contribution in [1.29, 1.82) is 0 Å². The van der Waals surface area contributed by atoms with Crippen LogP contribution < -0.4 is 0 Å². The Bertz CT molecular complexity index is 215. The second-order valence-corrected chi connectivity index (χ2v) is 4.03. The molecule has 0 spiro atoms. The number of nitrogens with zero attached hydrogens (tertiary/aromatic N) is 1. The Balaban J connectivity index is 3.57. The minimum Gasteiger partial charge on any atom is -0.466 e. The van der Waals surface area contributed by atoms with Gasteiger partial charge in [0.2, 0.25) is 0 Å². The lowest BCUT2D eigenvalue weighted by Gasteiger charge is -2.20. The number of unbranched alkanes of at least 4 members (excludes halogenated alkanes) is 2. The Morgan fingerprint density at radius 1 is 1.28 bits per heavy atom. The van der Waals surface area contributed by atoms with Gasteiger partial charge in [0.15, 0.2) is 0 Å². The monoisotopic (exact) mass is 267 g/mol. The lowest BCUT2D eigenvalue weighted by molar-refractivity contribution is -0.143. The van der Waals surface area contributed by atoms with Crippen molar-refractivity contribution in [2.24, 2.45) is 0 Å². The van der Waals surface area contributed by atoms with Crippen molar-refractivity contribution in [3.8, 4) is 0 Å². The normalized spacial score (nSPS) is 11.2. The summed E-state index contributed by atoms with van der Waals surface area (Å²) in [5, 5.41) is 8.74. The van der Waals surface area contributed by atoms with Crippen LogP contribution in [0, 0.1) is 0 Å². The maximum Gasteiger partial charge on any atom is 0.305 e. The van der Waals surface area contributed by atoms with Crippen LogP contribution in [0.2, 0.25) is 0 Å². The first-order chi connectivity index (χ1) is 8.60. The molecule has 1 N–H and O–H groups in total. The second-order valence-electron chi connectivity index (χ2n) is 4.03.